The average molecular weight is 727 g/mol. The number of hydrogen-bond donors (Lipinski definition) is 1. The Hall–Kier alpha value is -4.01. The van der Waals surface area contributed by atoms with Gasteiger partial charge in [0.25, 0.3) is 0 Å². The van der Waals surface area contributed by atoms with E-state index in [1.165, 1.54) is 0 Å². The van der Waals surface area contributed by atoms with E-state index in [0.717, 1.165) is 48.2 Å². The van der Waals surface area contributed by atoms with Crippen LogP contribution in [0, 0.1) is 35.9 Å². The Labute approximate surface area is 305 Å². The van der Waals surface area contributed by atoms with Gasteiger partial charge in [0.1, 0.15) is 17.9 Å². The van der Waals surface area contributed by atoms with Crippen LogP contribution in [-0.2, 0) is 29.6 Å². The molecule has 5 aromatic rings. The number of halogens is 3. The van der Waals surface area contributed by atoms with Crippen LogP contribution in [0.1, 0.15) is 67.0 Å². The van der Waals surface area contributed by atoms with Gasteiger partial charge >= 0.3 is 0 Å². The van der Waals surface area contributed by atoms with Crippen molar-refractivity contribution in [2.45, 2.75) is 76.3 Å². The van der Waals surface area contributed by atoms with E-state index in [1.807, 2.05) is 35.7 Å². The smallest absolute Gasteiger partial charge is 0.226 e. The molecule has 3 saturated heterocycles. The maximum absolute atomic E-state index is 17.2. The molecule has 0 radical (unpaired) electrons. The lowest BCUT2D eigenvalue weighted by Gasteiger charge is -2.39. The molecule has 2 aromatic carbocycles. The second-order valence-corrected chi connectivity index (χ2v) is 15.5. The number of fused-ring (bicyclic) bond motifs is 4. The number of amides is 1. The molecular weight excluding hydrogens is 688 g/mol. The van der Waals surface area contributed by atoms with Crippen molar-refractivity contribution >= 4 is 50.9 Å². The van der Waals surface area contributed by atoms with Crippen LogP contribution in [0.25, 0.3) is 32.9 Å². The summed E-state index contributed by atoms with van der Waals surface area (Å²) in [7, 11) is 1.95. The van der Waals surface area contributed by atoms with Crippen molar-refractivity contribution < 1.29 is 13.9 Å². The Morgan fingerprint density at radius 2 is 2.04 bits per heavy atom. The molecule has 262 valence electrons. The zero-order chi connectivity index (χ0) is 35.1. The molecule has 1 N–H and O–H groups in total. The van der Waals surface area contributed by atoms with Gasteiger partial charge in [-0.3, -0.25) is 4.79 Å². The van der Waals surface area contributed by atoms with Crippen molar-refractivity contribution in [1.82, 2.24) is 29.3 Å². The van der Waals surface area contributed by atoms with Crippen LogP contribution in [0.4, 0.5) is 4.39 Å². The number of carbonyl (C=O) groups is 1. The van der Waals surface area contributed by atoms with Crippen LogP contribution >= 0.6 is 23.2 Å². The fourth-order valence-electron chi connectivity index (χ4n) is 8.83. The zero-order valence-electron chi connectivity index (χ0n) is 28.5. The SMILES string of the molecule is Cc1nc2c(F)c(-c3cccc(Cl)c3Cl)c(CCC#N)cc2c2c1cc(C1CC(OCc3nccn3C)CN1C(=O)C1CC1)n2C1C2CNC1C2. The maximum atomic E-state index is 17.2. The number of aryl methyl sites for hydroxylation is 3. The summed E-state index contributed by atoms with van der Waals surface area (Å²) in [6, 6.07) is 11.9. The molecule has 1 amide bonds. The van der Waals surface area contributed by atoms with Gasteiger partial charge in [0.05, 0.1) is 39.8 Å². The summed E-state index contributed by atoms with van der Waals surface area (Å²) in [6.07, 6.45) is 7.61. The van der Waals surface area contributed by atoms with Gasteiger partial charge in [0, 0.05) is 90.6 Å². The first kappa shape index (κ1) is 32.9. The molecule has 9 nitrogen and oxygen atoms in total. The zero-order valence-corrected chi connectivity index (χ0v) is 30.0. The number of hydrogen-bond acceptors (Lipinski definition) is 6. The highest BCUT2D eigenvalue weighted by Crippen LogP contribution is 2.51. The highest BCUT2D eigenvalue weighted by Gasteiger charge is 2.51. The predicted molar refractivity (Wildman–Crippen MR) is 194 cm³/mol. The van der Waals surface area contributed by atoms with Gasteiger partial charge in [-0.2, -0.15) is 5.26 Å². The minimum atomic E-state index is -0.479. The van der Waals surface area contributed by atoms with Crippen LogP contribution in [-0.4, -0.2) is 55.1 Å². The van der Waals surface area contributed by atoms with Gasteiger partial charge in [-0.15, -0.1) is 0 Å². The van der Waals surface area contributed by atoms with E-state index in [1.54, 1.807) is 24.4 Å². The maximum Gasteiger partial charge on any atom is 0.226 e. The number of imidazole rings is 1. The van der Waals surface area contributed by atoms with Crippen LogP contribution in [0.2, 0.25) is 10.0 Å². The molecule has 5 fully saturated rings. The molecule has 2 aliphatic carbocycles. The number of nitrogens with zero attached hydrogens (tertiary/aromatic N) is 6. The van der Waals surface area contributed by atoms with Crippen LogP contribution in [0.15, 0.2) is 42.7 Å². The van der Waals surface area contributed by atoms with Gasteiger partial charge < -0.3 is 24.1 Å². The number of pyridine rings is 1. The molecule has 0 spiro atoms. The van der Waals surface area contributed by atoms with E-state index in [-0.39, 0.29) is 53.0 Å². The Morgan fingerprint density at radius 3 is 2.75 bits per heavy atom. The highest BCUT2D eigenvalue weighted by atomic mass is 35.5. The summed E-state index contributed by atoms with van der Waals surface area (Å²) >= 11 is 13.1. The van der Waals surface area contributed by atoms with E-state index in [4.69, 9.17) is 32.9 Å². The van der Waals surface area contributed by atoms with Gasteiger partial charge in [-0.05, 0) is 62.3 Å². The van der Waals surface area contributed by atoms with Crippen LogP contribution in [0.3, 0.4) is 0 Å². The molecule has 6 heterocycles. The summed E-state index contributed by atoms with van der Waals surface area (Å²) in [6.45, 7) is 3.72. The van der Waals surface area contributed by atoms with Crippen molar-refractivity contribution in [3.05, 3.63) is 81.4 Å². The highest BCUT2D eigenvalue weighted by molar-refractivity contribution is 6.43. The lowest BCUT2D eigenvalue weighted by atomic mass is 9.79. The molecule has 10 rings (SSSR count). The molecule has 2 bridgehead atoms. The Kier molecular flexibility index (Phi) is 8.11. The van der Waals surface area contributed by atoms with E-state index in [0.29, 0.717) is 64.7 Å². The number of nitriles is 1. The molecule has 3 aromatic heterocycles. The van der Waals surface area contributed by atoms with Gasteiger partial charge in [0.2, 0.25) is 5.91 Å². The summed E-state index contributed by atoms with van der Waals surface area (Å²) in [5.74, 6) is 1.02. The fraction of sp³-hybridized carbons (Fsp3) is 0.436. The number of ether oxygens (including phenoxy) is 1. The fourth-order valence-corrected chi connectivity index (χ4v) is 9.23. The minimum Gasteiger partial charge on any atom is -0.368 e. The van der Waals surface area contributed by atoms with Gasteiger partial charge in [-0.25, -0.2) is 14.4 Å². The molecular formula is C39H38Cl2FN7O2. The third-order valence-corrected chi connectivity index (χ3v) is 12.4. The topological polar surface area (TPSA) is 101 Å². The first-order valence-corrected chi connectivity index (χ1v) is 18.6. The summed E-state index contributed by atoms with van der Waals surface area (Å²) < 4.78 is 28.0. The summed E-state index contributed by atoms with van der Waals surface area (Å²) in [5, 5.41) is 15.5. The van der Waals surface area contributed by atoms with Crippen LogP contribution in [0.5, 0.6) is 0 Å². The summed E-state index contributed by atoms with van der Waals surface area (Å²) in [5.41, 5.74) is 4.41. The van der Waals surface area contributed by atoms with Crippen molar-refractivity contribution in [3.8, 4) is 17.2 Å². The predicted octanol–water partition coefficient (Wildman–Crippen LogP) is 7.60. The molecule has 51 heavy (non-hydrogen) atoms. The second kappa shape index (κ2) is 12.6. The van der Waals surface area contributed by atoms with E-state index in [2.05, 4.69) is 27.0 Å². The third-order valence-electron chi connectivity index (χ3n) is 11.6. The molecule has 5 aliphatic rings. The Balaban J connectivity index is 1.24. The first-order chi connectivity index (χ1) is 24.7. The number of nitrogens with one attached hydrogen (secondary N) is 1. The Bertz CT molecular complexity index is 2260. The van der Waals surface area contributed by atoms with Crippen LogP contribution < -0.4 is 5.32 Å². The molecule has 5 unspecified atom stereocenters. The standard InChI is InChI=1S/C39H38Cl2FN7O2/c1-20-26-16-31(30-15-24(18-48(30)39(50)21-8-9-21)51-19-32-44-11-12-47(32)2)49(37-23-14-29(37)45-17-23)38(26)27-13-22(5-4-10-43)33(35(42)36(27)46-20)25-6-3-7-28(40)34(25)41/h3,6-7,11-13,16,21,23-24,29-30,37,45H,4-5,8-9,14-15,17-19H2,1-2H3. The quantitative estimate of drug-likeness (QED) is 0.168. The number of benzene rings is 2. The molecule has 2 saturated carbocycles. The largest absolute Gasteiger partial charge is 0.368 e. The van der Waals surface area contributed by atoms with E-state index >= 15 is 4.39 Å². The number of likely N-dealkylation sites (tertiary alicyclic amines) is 1. The molecule has 5 atom stereocenters. The van der Waals surface area contributed by atoms with Gasteiger partial charge in [0.15, 0.2) is 5.82 Å². The van der Waals surface area contributed by atoms with Gasteiger partial charge in [-0.1, -0.05) is 35.3 Å². The lowest BCUT2D eigenvalue weighted by molar-refractivity contribution is -0.134. The van der Waals surface area contributed by atoms with Crippen molar-refractivity contribution in [2.24, 2.45) is 18.9 Å². The number of rotatable bonds is 9. The number of aromatic nitrogens is 4. The lowest BCUT2D eigenvalue weighted by Crippen LogP contribution is -2.41. The molecule has 3 aliphatic heterocycles. The Morgan fingerprint density at radius 1 is 1.20 bits per heavy atom. The minimum absolute atomic E-state index is 0.0536. The first-order valence-electron chi connectivity index (χ1n) is 17.8. The van der Waals surface area contributed by atoms with E-state index in [9.17, 15) is 10.1 Å². The monoisotopic (exact) mass is 725 g/mol. The van der Waals surface area contributed by atoms with E-state index < -0.39 is 5.82 Å². The number of carbonyl (C=O) groups excluding carboxylic acids is 1. The van der Waals surface area contributed by atoms with Crippen molar-refractivity contribution in [3.63, 3.8) is 0 Å². The second-order valence-electron chi connectivity index (χ2n) is 14.7. The molecule has 12 heteroatoms. The van der Waals surface area contributed by atoms with Crippen molar-refractivity contribution in [2.75, 3.05) is 13.1 Å². The normalized spacial score (nSPS) is 24.1. The average Bonchev–Trinajstić information content (AvgIpc) is 3.55. The summed E-state index contributed by atoms with van der Waals surface area (Å²) in [4.78, 5) is 25.4. The van der Waals surface area contributed by atoms with Crippen molar-refractivity contribution in [1.29, 1.82) is 5.26 Å². The third kappa shape index (κ3) is 5.35.